The molecule has 1 aliphatic carbocycles. The molecule has 0 aliphatic heterocycles. The maximum Gasteiger partial charge on any atom is 0.276 e. The molecule has 1 amide bonds. The normalized spacial score (nSPS) is 17.9. The third-order valence-electron chi connectivity index (χ3n) is 5.21. The zero-order valence-electron chi connectivity index (χ0n) is 15.5. The molecule has 0 spiro atoms. The van der Waals surface area contributed by atoms with Crippen LogP contribution in [0.25, 0.3) is 0 Å². The molecule has 0 bridgehead atoms. The number of rotatable bonds is 5. The number of aryl methyl sites for hydroxylation is 1. The van der Waals surface area contributed by atoms with Crippen LogP contribution in [-0.2, 0) is 18.6 Å². The number of carbonyl (C=O) groups excluding carboxylic acids is 1. The van der Waals surface area contributed by atoms with E-state index in [4.69, 9.17) is 5.73 Å². The van der Waals surface area contributed by atoms with Gasteiger partial charge in [0.2, 0.25) is 0 Å². The summed E-state index contributed by atoms with van der Waals surface area (Å²) in [5.41, 5.74) is 7.86. The van der Waals surface area contributed by atoms with Crippen molar-refractivity contribution in [2.24, 2.45) is 0 Å². The molecule has 1 unspecified atom stereocenters. The highest BCUT2D eigenvalue weighted by molar-refractivity contribution is 5.96. The van der Waals surface area contributed by atoms with E-state index in [1.807, 2.05) is 54.6 Å². The van der Waals surface area contributed by atoms with Crippen LogP contribution in [0.1, 0.15) is 33.6 Å². The Balaban J connectivity index is 1.68. The summed E-state index contributed by atoms with van der Waals surface area (Å²) in [6.45, 7) is 0.508. The number of aliphatic hydroxyl groups is 1. The molecule has 0 saturated carbocycles. The van der Waals surface area contributed by atoms with Crippen LogP contribution in [-0.4, -0.2) is 32.4 Å². The number of anilines is 1. The average molecular weight is 374 g/mol. The van der Waals surface area contributed by atoms with E-state index in [0.29, 0.717) is 13.0 Å². The minimum atomic E-state index is -1.10. The SMILES string of the molecule is Nc1nccnc1C(=O)N(Cc1ccccc1)CC1(O)CCc2ccccc21. The van der Waals surface area contributed by atoms with Gasteiger partial charge in [-0.3, -0.25) is 4.79 Å². The van der Waals surface area contributed by atoms with Crippen molar-refractivity contribution >= 4 is 11.7 Å². The lowest BCUT2D eigenvalue weighted by atomic mass is 9.95. The third-order valence-corrected chi connectivity index (χ3v) is 5.21. The number of nitrogens with two attached hydrogens (primary N) is 1. The van der Waals surface area contributed by atoms with E-state index < -0.39 is 5.60 Å². The van der Waals surface area contributed by atoms with Crippen LogP contribution in [0.4, 0.5) is 5.82 Å². The second-order valence-electron chi connectivity index (χ2n) is 7.13. The predicted octanol–water partition coefficient (Wildman–Crippen LogP) is 2.54. The summed E-state index contributed by atoms with van der Waals surface area (Å²) in [5.74, 6) is -0.253. The van der Waals surface area contributed by atoms with Crippen LogP contribution < -0.4 is 5.73 Å². The van der Waals surface area contributed by atoms with E-state index in [2.05, 4.69) is 9.97 Å². The van der Waals surface area contributed by atoms with E-state index in [0.717, 1.165) is 23.1 Å². The monoisotopic (exact) mass is 374 g/mol. The van der Waals surface area contributed by atoms with Crippen LogP contribution in [0, 0.1) is 0 Å². The first-order valence-corrected chi connectivity index (χ1v) is 9.27. The Morgan fingerprint density at radius 2 is 1.79 bits per heavy atom. The van der Waals surface area contributed by atoms with E-state index in [1.165, 1.54) is 12.4 Å². The van der Waals surface area contributed by atoms with Gasteiger partial charge in [-0.05, 0) is 29.5 Å². The molecule has 1 atom stereocenters. The molecule has 0 radical (unpaired) electrons. The van der Waals surface area contributed by atoms with Gasteiger partial charge in [0.1, 0.15) is 5.60 Å². The first kappa shape index (κ1) is 18.1. The number of hydrogen-bond acceptors (Lipinski definition) is 5. The van der Waals surface area contributed by atoms with Crippen molar-refractivity contribution in [3.8, 4) is 0 Å². The number of nitrogen functional groups attached to an aromatic ring is 1. The molecule has 0 fully saturated rings. The van der Waals surface area contributed by atoms with Gasteiger partial charge in [0.25, 0.3) is 5.91 Å². The number of aromatic nitrogens is 2. The standard InChI is InChI=1S/C22H22N4O2/c23-20-19(24-12-13-25-20)21(27)26(14-16-6-2-1-3-7-16)15-22(28)11-10-17-8-4-5-9-18(17)22/h1-9,12-13,28H,10-11,14-15H2,(H2,23,25). The molecule has 1 aromatic heterocycles. The fourth-order valence-electron chi connectivity index (χ4n) is 3.82. The lowest BCUT2D eigenvalue weighted by Crippen LogP contribution is -2.43. The molecular weight excluding hydrogens is 352 g/mol. The molecule has 142 valence electrons. The van der Waals surface area contributed by atoms with Crippen molar-refractivity contribution in [3.63, 3.8) is 0 Å². The van der Waals surface area contributed by atoms with E-state index >= 15 is 0 Å². The molecule has 28 heavy (non-hydrogen) atoms. The zero-order valence-corrected chi connectivity index (χ0v) is 15.5. The van der Waals surface area contributed by atoms with Crippen molar-refractivity contribution in [3.05, 3.63) is 89.4 Å². The van der Waals surface area contributed by atoms with Crippen LogP contribution >= 0.6 is 0 Å². The van der Waals surface area contributed by atoms with Crippen molar-refractivity contribution in [2.75, 3.05) is 12.3 Å². The van der Waals surface area contributed by atoms with Crippen LogP contribution in [0.5, 0.6) is 0 Å². The summed E-state index contributed by atoms with van der Waals surface area (Å²) in [6, 6.07) is 17.5. The molecule has 6 heteroatoms. The molecule has 1 aliphatic rings. The van der Waals surface area contributed by atoms with Gasteiger partial charge in [-0.1, -0.05) is 54.6 Å². The Kier molecular flexibility index (Phi) is 4.79. The minimum absolute atomic E-state index is 0.0874. The average Bonchev–Trinajstić information content (AvgIpc) is 3.05. The second-order valence-corrected chi connectivity index (χ2v) is 7.13. The highest BCUT2D eigenvalue weighted by Gasteiger charge is 2.39. The summed E-state index contributed by atoms with van der Waals surface area (Å²) < 4.78 is 0. The number of amides is 1. The first-order valence-electron chi connectivity index (χ1n) is 9.27. The maximum absolute atomic E-state index is 13.2. The summed E-state index contributed by atoms with van der Waals surface area (Å²) in [5, 5.41) is 11.4. The van der Waals surface area contributed by atoms with Gasteiger partial charge >= 0.3 is 0 Å². The number of nitrogens with zero attached hydrogens (tertiary/aromatic N) is 3. The third kappa shape index (κ3) is 3.46. The molecule has 6 nitrogen and oxygen atoms in total. The molecule has 2 aromatic carbocycles. The Hall–Kier alpha value is -3.25. The van der Waals surface area contributed by atoms with E-state index in [-0.39, 0.29) is 24.0 Å². The Morgan fingerprint density at radius 1 is 1.07 bits per heavy atom. The number of carbonyl (C=O) groups is 1. The van der Waals surface area contributed by atoms with Crippen LogP contribution in [0.15, 0.2) is 67.0 Å². The van der Waals surface area contributed by atoms with Gasteiger partial charge in [-0.2, -0.15) is 0 Å². The number of fused-ring (bicyclic) bond motifs is 1. The highest BCUT2D eigenvalue weighted by Crippen LogP contribution is 2.37. The molecule has 3 aromatic rings. The smallest absolute Gasteiger partial charge is 0.276 e. The first-order chi connectivity index (χ1) is 13.6. The Labute approximate surface area is 163 Å². The van der Waals surface area contributed by atoms with E-state index in [1.54, 1.807) is 4.90 Å². The number of benzene rings is 2. The summed E-state index contributed by atoms with van der Waals surface area (Å²) >= 11 is 0. The van der Waals surface area contributed by atoms with E-state index in [9.17, 15) is 9.90 Å². The Morgan fingerprint density at radius 3 is 2.57 bits per heavy atom. The lowest BCUT2D eigenvalue weighted by molar-refractivity contribution is 0.000258. The van der Waals surface area contributed by atoms with Gasteiger partial charge in [-0.15, -0.1) is 0 Å². The van der Waals surface area contributed by atoms with Crippen molar-refractivity contribution in [2.45, 2.75) is 25.0 Å². The Bertz CT molecular complexity index is 993. The predicted molar refractivity (Wildman–Crippen MR) is 106 cm³/mol. The highest BCUT2D eigenvalue weighted by atomic mass is 16.3. The maximum atomic E-state index is 13.2. The molecule has 3 N–H and O–H groups in total. The zero-order chi connectivity index (χ0) is 19.6. The molecule has 0 saturated heterocycles. The summed E-state index contributed by atoms with van der Waals surface area (Å²) in [4.78, 5) is 23.0. The van der Waals surface area contributed by atoms with Crippen molar-refractivity contribution < 1.29 is 9.90 Å². The quantitative estimate of drug-likeness (QED) is 0.716. The fraction of sp³-hybridized carbons (Fsp3) is 0.227. The van der Waals surface area contributed by atoms with Gasteiger partial charge < -0.3 is 15.7 Å². The van der Waals surface area contributed by atoms with Crippen molar-refractivity contribution in [1.29, 1.82) is 0 Å². The lowest BCUT2D eigenvalue weighted by Gasteiger charge is -2.32. The topological polar surface area (TPSA) is 92.3 Å². The van der Waals surface area contributed by atoms with Crippen LogP contribution in [0.3, 0.4) is 0 Å². The van der Waals surface area contributed by atoms with Gasteiger partial charge in [0.15, 0.2) is 11.5 Å². The molecular formula is C22H22N4O2. The molecule has 4 rings (SSSR count). The summed E-state index contributed by atoms with van der Waals surface area (Å²) in [6.07, 6.45) is 4.26. The minimum Gasteiger partial charge on any atom is -0.383 e. The summed E-state index contributed by atoms with van der Waals surface area (Å²) in [7, 11) is 0. The number of hydrogen-bond donors (Lipinski definition) is 2. The molecule has 1 heterocycles. The second kappa shape index (κ2) is 7.40. The van der Waals surface area contributed by atoms with Gasteiger partial charge in [-0.25, -0.2) is 9.97 Å². The fourth-order valence-corrected chi connectivity index (χ4v) is 3.82. The van der Waals surface area contributed by atoms with Crippen molar-refractivity contribution in [1.82, 2.24) is 14.9 Å². The van der Waals surface area contributed by atoms with Crippen LogP contribution in [0.2, 0.25) is 0 Å². The van der Waals surface area contributed by atoms with Gasteiger partial charge in [0, 0.05) is 18.9 Å². The van der Waals surface area contributed by atoms with Gasteiger partial charge in [0.05, 0.1) is 6.54 Å². The largest absolute Gasteiger partial charge is 0.383 e.